The normalized spacial score (nSPS) is 20.6. The van der Waals surface area contributed by atoms with E-state index < -0.39 is 0 Å². The van der Waals surface area contributed by atoms with E-state index in [0.29, 0.717) is 5.41 Å². The molecule has 2 rings (SSSR count). The summed E-state index contributed by atoms with van der Waals surface area (Å²) in [6.45, 7) is 3.91. The Kier molecular flexibility index (Phi) is 10.5. The number of hydrogen-bond donors (Lipinski definition) is 2. The summed E-state index contributed by atoms with van der Waals surface area (Å²) in [5.74, 6) is 0.938. The molecule has 0 saturated heterocycles. The Bertz CT molecular complexity index is 368. The molecule has 0 aromatic heterocycles. The third-order valence-electron chi connectivity index (χ3n) is 5.81. The highest BCUT2D eigenvalue weighted by Crippen LogP contribution is 2.43. The minimum absolute atomic E-state index is 0. The number of nitrogens with one attached hydrogen (secondary N) is 2. The second-order valence-electron chi connectivity index (χ2n) is 7.37. The molecule has 0 bridgehead atoms. The lowest BCUT2D eigenvalue weighted by Gasteiger charge is -2.42. The number of nitrogens with zero attached hydrogens (tertiary/aromatic N) is 2. The van der Waals surface area contributed by atoms with Crippen molar-refractivity contribution in [2.24, 2.45) is 10.4 Å². The Morgan fingerprint density at radius 2 is 1.92 bits per heavy atom. The highest BCUT2D eigenvalue weighted by molar-refractivity contribution is 14.0. The van der Waals surface area contributed by atoms with Crippen molar-refractivity contribution in [3.63, 3.8) is 0 Å². The number of aliphatic imine (C=N–C) groups is 1. The summed E-state index contributed by atoms with van der Waals surface area (Å²) in [7, 11) is 5.90. The van der Waals surface area contributed by atoms with Gasteiger partial charge in [-0.2, -0.15) is 0 Å². The molecule has 2 saturated carbocycles. The number of hydrogen-bond acceptors (Lipinski definition) is 3. The standard InChI is InChI=1S/C18H36N4O.HI/c1-19-17(20-12-13-22(2)16-7-4-5-8-16)21-15-18(9-6-10-18)11-14-23-3;/h16H,4-15H2,1-3H3,(H2,19,20,21);1H. The number of likely N-dealkylation sites (N-methyl/N-ethyl adjacent to an activating group) is 1. The topological polar surface area (TPSA) is 48.9 Å². The number of rotatable bonds is 9. The zero-order valence-electron chi connectivity index (χ0n) is 15.8. The molecule has 6 heteroatoms. The summed E-state index contributed by atoms with van der Waals surface area (Å²) in [4.78, 5) is 6.87. The van der Waals surface area contributed by atoms with Crippen LogP contribution in [0.5, 0.6) is 0 Å². The maximum absolute atomic E-state index is 5.27. The third kappa shape index (κ3) is 6.67. The van der Waals surface area contributed by atoms with Crippen LogP contribution in [0.2, 0.25) is 0 Å². The molecule has 2 N–H and O–H groups in total. The monoisotopic (exact) mass is 452 g/mol. The van der Waals surface area contributed by atoms with Gasteiger partial charge in [-0.25, -0.2) is 0 Å². The molecule has 0 spiro atoms. The lowest BCUT2D eigenvalue weighted by molar-refractivity contribution is 0.0732. The highest BCUT2D eigenvalue weighted by atomic mass is 127. The lowest BCUT2D eigenvalue weighted by Crippen LogP contribution is -2.48. The van der Waals surface area contributed by atoms with Crippen molar-refractivity contribution in [3.05, 3.63) is 0 Å². The van der Waals surface area contributed by atoms with E-state index in [4.69, 9.17) is 4.74 Å². The van der Waals surface area contributed by atoms with E-state index >= 15 is 0 Å². The van der Waals surface area contributed by atoms with E-state index in [9.17, 15) is 0 Å². The van der Waals surface area contributed by atoms with Crippen LogP contribution in [0.4, 0.5) is 0 Å². The fourth-order valence-electron chi connectivity index (χ4n) is 3.88. The number of halogens is 1. The Morgan fingerprint density at radius 3 is 2.46 bits per heavy atom. The average molecular weight is 452 g/mol. The maximum atomic E-state index is 5.27. The van der Waals surface area contributed by atoms with Crippen LogP contribution in [0, 0.1) is 5.41 Å². The van der Waals surface area contributed by atoms with Crippen LogP contribution < -0.4 is 10.6 Å². The molecule has 0 aliphatic heterocycles. The van der Waals surface area contributed by atoms with Crippen LogP contribution in [0.3, 0.4) is 0 Å². The van der Waals surface area contributed by atoms with Crippen LogP contribution >= 0.6 is 24.0 Å². The predicted octanol–water partition coefficient (Wildman–Crippen LogP) is 2.85. The first-order valence-electron chi connectivity index (χ1n) is 9.33. The Morgan fingerprint density at radius 1 is 1.21 bits per heavy atom. The summed E-state index contributed by atoms with van der Waals surface area (Å²) in [6, 6.07) is 0.791. The largest absolute Gasteiger partial charge is 0.385 e. The molecule has 0 unspecified atom stereocenters. The van der Waals surface area contributed by atoms with E-state index in [0.717, 1.165) is 44.7 Å². The molecule has 0 aromatic carbocycles. The second kappa shape index (κ2) is 11.5. The van der Waals surface area contributed by atoms with Crippen molar-refractivity contribution >= 4 is 29.9 Å². The van der Waals surface area contributed by atoms with E-state index in [1.807, 2.05) is 7.05 Å². The fraction of sp³-hybridized carbons (Fsp3) is 0.944. The minimum atomic E-state index is 0. The van der Waals surface area contributed by atoms with Gasteiger partial charge in [-0.3, -0.25) is 4.99 Å². The van der Waals surface area contributed by atoms with Crippen LogP contribution in [-0.4, -0.2) is 64.3 Å². The molecule has 5 nitrogen and oxygen atoms in total. The lowest BCUT2D eigenvalue weighted by atomic mass is 9.67. The average Bonchev–Trinajstić information content (AvgIpc) is 3.06. The van der Waals surface area contributed by atoms with Gasteiger partial charge in [0.1, 0.15) is 0 Å². The van der Waals surface area contributed by atoms with Gasteiger partial charge in [0, 0.05) is 46.4 Å². The third-order valence-corrected chi connectivity index (χ3v) is 5.81. The molecule has 0 radical (unpaired) electrons. The molecule has 0 aromatic rings. The number of guanidine groups is 1. The molecule has 142 valence electrons. The number of ether oxygens (including phenoxy) is 1. The van der Waals surface area contributed by atoms with Gasteiger partial charge >= 0.3 is 0 Å². The molecular weight excluding hydrogens is 415 g/mol. The van der Waals surface area contributed by atoms with E-state index in [1.165, 1.54) is 44.9 Å². The highest BCUT2D eigenvalue weighted by Gasteiger charge is 2.36. The maximum Gasteiger partial charge on any atom is 0.191 e. The van der Waals surface area contributed by atoms with Crippen LogP contribution in [0.15, 0.2) is 4.99 Å². The summed E-state index contributed by atoms with van der Waals surface area (Å²) < 4.78 is 5.27. The van der Waals surface area contributed by atoms with Crippen molar-refractivity contribution in [2.75, 3.05) is 47.4 Å². The first-order valence-corrected chi connectivity index (χ1v) is 9.33. The van der Waals surface area contributed by atoms with Gasteiger partial charge in [0.15, 0.2) is 5.96 Å². The smallest absolute Gasteiger partial charge is 0.191 e. The summed E-state index contributed by atoms with van der Waals surface area (Å²) >= 11 is 0. The van der Waals surface area contributed by atoms with Gasteiger partial charge in [0.2, 0.25) is 0 Å². The van der Waals surface area contributed by atoms with Gasteiger partial charge in [-0.1, -0.05) is 19.3 Å². The zero-order chi connectivity index (χ0) is 16.5. The van der Waals surface area contributed by atoms with Crippen molar-refractivity contribution < 1.29 is 4.74 Å². The second-order valence-corrected chi connectivity index (χ2v) is 7.37. The van der Waals surface area contributed by atoms with Crippen LogP contribution in [0.1, 0.15) is 51.4 Å². The molecular formula is C18H37IN4O. The molecule has 0 atom stereocenters. The van der Waals surface area contributed by atoms with Crippen LogP contribution in [0.25, 0.3) is 0 Å². The molecule has 24 heavy (non-hydrogen) atoms. The van der Waals surface area contributed by atoms with Crippen molar-refractivity contribution in [3.8, 4) is 0 Å². The SMILES string of the molecule is CN=C(NCCN(C)C1CCCC1)NCC1(CCOC)CCC1.I. The van der Waals surface area contributed by atoms with Crippen molar-refractivity contribution in [1.29, 1.82) is 0 Å². The Hall–Kier alpha value is -0.0800. The molecule has 2 fully saturated rings. The summed E-state index contributed by atoms with van der Waals surface area (Å²) in [6.07, 6.45) is 10.7. The summed E-state index contributed by atoms with van der Waals surface area (Å²) in [5, 5.41) is 7.00. The van der Waals surface area contributed by atoms with Gasteiger partial charge < -0.3 is 20.3 Å². The van der Waals surface area contributed by atoms with Crippen molar-refractivity contribution in [2.45, 2.75) is 57.4 Å². The summed E-state index contributed by atoms with van der Waals surface area (Å²) in [5.41, 5.74) is 0.425. The van der Waals surface area contributed by atoms with Gasteiger partial charge in [-0.05, 0) is 44.6 Å². The zero-order valence-corrected chi connectivity index (χ0v) is 18.1. The van der Waals surface area contributed by atoms with Gasteiger partial charge in [0.05, 0.1) is 0 Å². The predicted molar refractivity (Wildman–Crippen MR) is 112 cm³/mol. The van der Waals surface area contributed by atoms with E-state index in [-0.39, 0.29) is 24.0 Å². The Labute approximate surface area is 165 Å². The van der Waals surface area contributed by atoms with Gasteiger partial charge in [0.25, 0.3) is 0 Å². The molecule has 2 aliphatic carbocycles. The molecule has 0 heterocycles. The number of methoxy groups -OCH3 is 1. The van der Waals surface area contributed by atoms with Crippen molar-refractivity contribution in [1.82, 2.24) is 15.5 Å². The first kappa shape index (κ1) is 22.0. The van der Waals surface area contributed by atoms with Gasteiger partial charge in [-0.15, -0.1) is 24.0 Å². The fourth-order valence-corrected chi connectivity index (χ4v) is 3.88. The van der Waals surface area contributed by atoms with Crippen LogP contribution in [-0.2, 0) is 4.74 Å². The molecule has 0 amide bonds. The van der Waals surface area contributed by atoms with E-state index in [1.54, 1.807) is 7.11 Å². The Balaban J connectivity index is 0.00000288. The quantitative estimate of drug-likeness (QED) is 0.321. The first-order chi connectivity index (χ1) is 11.2. The van der Waals surface area contributed by atoms with E-state index in [2.05, 4.69) is 27.6 Å². The molecule has 2 aliphatic rings. The minimum Gasteiger partial charge on any atom is -0.385 e.